The first kappa shape index (κ1) is 11.0. The van der Waals surface area contributed by atoms with E-state index in [1.165, 1.54) is 11.1 Å². The molecule has 0 atom stereocenters. The summed E-state index contributed by atoms with van der Waals surface area (Å²) >= 11 is 0. The minimum Gasteiger partial charge on any atom is -0.0988 e. The average molecular weight is 162 g/mol. The third-order valence-corrected chi connectivity index (χ3v) is 1.77. The molecule has 12 heavy (non-hydrogen) atoms. The smallest absolute Gasteiger partial charge is 0.0205 e. The van der Waals surface area contributed by atoms with Crippen LogP contribution >= 0.6 is 0 Å². The van der Waals surface area contributed by atoms with Gasteiger partial charge in [-0.05, 0) is 31.4 Å². The van der Waals surface area contributed by atoms with Crippen molar-refractivity contribution < 1.29 is 0 Å². The fraction of sp³-hybridized carbons (Fsp3) is 0.333. The molecule has 0 aromatic rings. The van der Waals surface area contributed by atoms with Crippen LogP contribution in [0.1, 0.15) is 27.2 Å². The summed E-state index contributed by atoms with van der Waals surface area (Å²) in [4.78, 5) is 0. The van der Waals surface area contributed by atoms with Gasteiger partial charge in [-0.2, -0.15) is 0 Å². The summed E-state index contributed by atoms with van der Waals surface area (Å²) in [6, 6.07) is 0. The molecule has 0 heteroatoms. The number of hydrogen-bond acceptors (Lipinski definition) is 0. The van der Waals surface area contributed by atoms with Gasteiger partial charge in [-0.15, -0.1) is 0 Å². The van der Waals surface area contributed by atoms with E-state index >= 15 is 0 Å². The van der Waals surface area contributed by atoms with Crippen LogP contribution in [0.2, 0.25) is 0 Å². The first-order valence-electron chi connectivity index (χ1n) is 4.31. The van der Waals surface area contributed by atoms with Crippen LogP contribution in [0.15, 0.2) is 48.1 Å². The van der Waals surface area contributed by atoms with E-state index < -0.39 is 0 Å². The maximum Gasteiger partial charge on any atom is -0.0205 e. The summed E-state index contributed by atoms with van der Waals surface area (Å²) in [6.45, 7) is 13.9. The Labute approximate surface area is 76.0 Å². The first-order chi connectivity index (χ1) is 5.67. The lowest BCUT2D eigenvalue weighted by molar-refractivity contribution is 1.12. The van der Waals surface area contributed by atoms with Gasteiger partial charge in [0.05, 0.1) is 0 Å². The van der Waals surface area contributed by atoms with Crippen molar-refractivity contribution in [3.8, 4) is 0 Å². The molecule has 0 aromatic carbocycles. The SMILES string of the molecule is C=C/C(CC)=C(\C=C/C)C(=C)C. The minimum atomic E-state index is 1.01. The van der Waals surface area contributed by atoms with Gasteiger partial charge in [0.25, 0.3) is 0 Å². The van der Waals surface area contributed by atoms with E-state index in [-0.39, 0.29) is 0 Å². The highest BCUT2D eigenvalue weighted by Crippen LogP contribution is 2.17. The zero-order valence-electron chi connectivity index (χ0n) is 8.35. The molecule has 0 aliphatic carbocycles. The number of rotatable bonds is 4. The van der Waals surface area contributed by atoms with E-state index in [1.54, 1.807) is 0 Å². The fourth-order valence-electron chi connectivity index (χ4n) is 1.13. The predicted molar refractivity (Wildman–Crippen MR) is 57.1 cm³/mol. The molecule has 0 saturated heterocycles. The highest BCUT2D eigenvalue weighted by Gasteiger charge is 1.98. The molecule has 0 heterocycles. The second kappa shape index (κ2) is 5.59. The Morgan fingerprint density at radius 3 is 2.25 bits per heavy atom. The summed E-state index contributed by atoms with van der Waals surface area (Å²) in [6.07, 6.45) is 7.03. The second-order valence-electron chi connectivity index (χ2n) is 2.78. The number of allylic oxidation sites excluding steroid dienone is 6. The van der Waals surface area contributed by atoms with E-state index in [1.807, 2.05) is 26.0 Å². The van der Waals surface area contributed by atoms with Crippen LogP contribution in [-0.2, 0) is 0 Å². The molecule has 0 fully saturated rings. The summed E-state index contributed by atoms with van der Waals surface area (Å²) in [5, 5.41) is 0. The fourth-order valence-corrected chi connectivity index (χ4v) is 1.13. The summed E-state index contributed by atoms with van der Waals surface area (Å²) in [5.41, 5.74) is 3.58. The molecule has 0 bridgehead atoms. The Hall–Kier alpha value is -1.04. The minimum absolute atomic E-state index is 1.01. The molecule has 0 nitrogen and oxygen atoms in total. The van der Waals surface area contributed by atoms with Crippen LogP contribution in [0, 0.1) is 0 Å². The van der Waals surface area contributed by atoms with Crippen molar-refractivity contribution in [2.75, 3.05) is 0 Å². The molecule has 0 amide bonds. The van der Waals surface area contributed by atoms with E-state index in [4.69, 9.17) is 0 Å². The molecule has 0 aliphatic heterocycles. The van der Waals surface area contributed by atoms with E-state index in [0.29, 0.717) is 0 Å². The largest absolute Gasteiger partial charge is 0.0988 e. The highest BCUT2D eigenvalue weighted by molar-refractivity contribution is 5.44. The maximum atomic E-state index is 3.93. The first-order valence-corrected chi connectivity index (χ1v) is 4.31. The molecule has 66 valence electrons. The Kier molecular flexibility index (Phi) is 5.11. The van der Waals surface area contributed by atoms with Crippen molar-refractivity contribution in [2.45, 2.75) is 27.2 Å². The van der Waals surface area contributed by atoms with Gasteiger partial charge >= 0.3 is 0 Å². The van der Waals surface area contributed by atoms with Crippen LogP contribution in [-0.4, -0.2) is 0 Å². The zero-order chi connectivity index (χ0) is 9.56. The van der Waals surface area contributed by atoms with Crippen molar-refractivity contribution >= 4 is 0 Å². The molecular formula is C12H18. The Morgan fingerprint density at radius 1 is 1.42 bits per heavy atom. The van der Waals surface area contributed by atoms with Crippen LogP contribution in [0.4, 0.5) is 0 Å². The lowest BCUT2D eigenvalue weighted by atomic mass is 10.00. The van der Waals surface area contributed by atoms with Gasteiger partial charge in [-0.3, -0.25) is 0 Å². The lowest BCUT2D eigenvalue weighted by Crippen LogP contribution is -1.86. The van der Waals surface area contributed by atoms with Gasteiger partial charge in [-0.25, -0.2) is 0 Å². The maximum absolute atomic E-state index is 3.93. The molecule has 0 aliphatic rings. The molecule has 0 unspecified atom stereocenters. The Morgan fingerprint density at radius 2 is 2.00 bits per heavy atom. The third kappa shape index (κ3) is 2.91. The van der Waals surface area contributed by atoms with E-state index in [9.17, 15) is 0 Å². The van der Waals surface area contributed by atoms with Crippen molar-refractivity contribution in [3.05, 3.63) is 48.1 Å². The molecule has 0 saturated carbocycles. The standard InChI is InChI=1S/C12H18/c1-6-9-12(10(4)5)11(7-2)8-3/h6-7,9H,2,4,8H2,1,3,5H3/b9-6-,12-11-. The Balaban J connectivity index is 5.02. The van der Waals surface area contributed by atoms with Gasteiger partial charge in [0.15, 0.2) is 0 Å². The monoisotopic (exact) mass is 162 g/mol. The van der Waals surface area contributed by atoms with Crippen LogP contribution in [0.5, 0.6) is 0 Å². The zero-order valence-corrected chi connectivity index (χ0v) is 8.35. The number of hydrogen-bond donors (Lipinski definition) is 0. The van der Waals surface area contributed by atoms with Crippen molar-refractivity contribution in [2.24, 2.45) is 0 Å². The topological polar surface area (TPSA) is 0 Å². The molecule has 0 aromatic heterocycles. The van der Waals surface area contributed by atoms with Gasteiger partial charge in [0.1, 0.15) is 0 Å². The molecule has 0 rings (SSSR count). The van der Waals surface area contributed by atoms with E-state index in [0.717, 1.165) is 12.0 Å². The van der Waals surface area contributed by atoms with Crippen LogP contribution in [0.25, 0.3) is 0 Å². The van der Waals surface area contributed by atoms with Gasteiger partial charge in [-0.1, -0.05) is 43.9 Å². The highest BCUT2D eigenvalue weighted by atomic mass is 14.0. The molecule has 0 radical (unpaired) electrons. The van der Waals surface area contributed by atoms with Crippen molar-refractivity contribution in [1.29, 1.82) is 0 Å². The second-order valence-corrected chi connectivity index (χ2v) is 2.78. The third-order valence-electron chi connectivity index (χ3n) is 1.77. The van der Waals surface area contributed by atoms with Gasteiger partial charge in [0.2, 0.25) is 0 Å². The van der Waals surface area contributed by atoms with Crippen LogP contribution < -0.4 is 0 Å². The van der Waals surface area contributed by atoms with Crippen molar-refractivity contribution in [3.63, 3.8) is 0 Å². The van der Waals surface area contributed by atoms with Gasteiger partial charge in [0, 0.05) is 0 Å². The van der Waals surface area contributed by atoms with Crippen molar-refractivity contribution in [1.82, 2.24) is 0 Å². The molecular weight excluding hydrogens is 144 g/mol. The molecule has 0 spiro atoms. The average Bonchev–Trinajstić information content (AvgIpc) is 2.05. The molecule has 0 N–H and O–H groups in total. The van der Waals surface area contributed by atoms with E-state index in [2.05, 4.69) is 26.2 Å². The predicted octanol–water partition coefficient (Wildman–Crippen LogP) is 4.03. The summed E-state index contributed by atoms with van der Waals surface area (Å²) in [5.74, 6) is 0. The lowest BCUT2D eigenvalue weighted by Gasteiger charge is -2.06. The quantitative estimate of drug-likeness (QED) is 0.547. The normalized spacial score (nSPS) is 12.9. The Bertz CT molecular complexity index is 226. The van der Waals surface area contributed by atoms with Gasteiger partial charge < -0.3 is 0 Å². The van der Waals surface area contributed by atoms with Crippen LogP contribution in [0.3, 0.4) is 0 Å². The summed E-state index contributed by atoms with van der Waals surface area (Å²) < 4.78 is 0. The summed E-state index contributed by atoms with van der Waals surface area (Å²) in [7, 11) is 0.